The Labute approximate surface area is 180 Å². The standard InChI is InChI=1S/C21H27ClN2O4S/c1-14(2)28-20-16(22)11-15(12-18(20)26-3)21(25)23-13-17(19-5-4-10-29-19)24-6-8-27-9-7-24/h4-5,10-12,14,17H,6-9,13H2,1-3H3,(H,23,25)/t17-/m0/s1. The van der Waals surface area contributed by atoms with Crippen LogP contribution in [0.25, 0.3) is 0 Å². The number of morpholine rings is 1. The van der Waals surface area contributed by atoms with Gasteiger partial charge in [-0.1, -0.05) is 17.7 Å². The highest BCUT2D eigenvalue weighted by Gasteiger charge is 2.24. The van der Waals surface area contributed by atoms with Gasteiger partial charge in [0.15, 0.2) is 11.5 Å². The van der Waals surface area contributed by atoms with Crippen molar-refractivity contribution in [2.24, 2.45) is 0 Å². The van der Waals surface area contributed by atoms with E-state index in [0.29, 0.717) is 41.8 Å². The first-order valence-electron chi connectivity index (χ1n) is 9.67. The Morgan fingerprint density at radius 2 is 2.10 bits per heavy atom. The molecule has 3 rings (SSSR count). The molecule has 0 saturated carbocycles. The molecule has 0 unspecified atom stereocenters. The number of nitrogens with one attached hydrogen (secondary N) is 1. The van der Waals surface area contributed by atoms with E-state index in [1.807, 2.05) is 19.9 Å². The number of carbonyl (C=O) groups is 1. The molecule has 1 amide bonds. The van der Waals surface area contributed by atoms with Gasteiger partial charge in [-0.3, -0.25) is 9.69 Å². The molecule has 0 aliphatic carbocycles. The van der Waals surface area contributed by atoms with Crippen LogP contribution in [0.1, 0.15) is 35.1 Å². The number of halogens is 1. The van der Waals surface area contributed by atoms with E-state index in [9.17, 15) is 4.79 Å². The Morgan fingerprint density at radius 1 is 1.34 bits per heavy atom. The zero-order chi connectivity index (χ0) is 20.8. The molecule has 158 valence electrons. The topological polar surface area (TPSA) is 60.0 Å². The quantitative estimate of drug-likeness (QED) is 0.675. The summed E-state index contributed by atoms with van der Waals surface area (Å²) in [6.07, 6.45) is -0.0545. The normalized spacial score (nSPS) is 15.9. The summed E-state index contributed by atoms with van der Waals surface area (Å²) in [6.45, 7) is 7.43. The summed E-state index contributed by atoms with van der Waals surface area (Å²) in [5.74, 6) is 0.695. The van der Waals surface area contributed by atoms with Crippen molar-refractivity contribution in [3.8, 4) is 11.5 Å². The summed E-state index contributed by atoms with van der Waals surface area (Å²) in [7, 11) is 1.53. The molecule has 0 spiro atoms. The van der Waals surface area contributed by atoms with Crippen molar-refractivity contribution < 1.29 is 19.0 Å². The van der Waals surface area contributed by atoms with Crippen LogP contribution in [0.2, 0.25) is 5.02 Å². The average Bonchev–Trinajstić information content (AvgIpc) is 3.24. The van der Waals surface area contributed by atoms with Crippen LogP contribution in [0.3, 0.4) is 0 Å². The van der Waals surface area contributed by atoms with Gasteiger partial charge in [0, 0.05) is 30.1 Å². The van der Waals surface area contributed by atoms with Crippen LogP contribution in [0, 0.1) is 0 Å². The number of rotatable bonds is 8. The van der Waals surface area contributed by atoms with Gasteiger partial charge in [-0.2, -0.15) is 0 Å². The number of nitrogens with zero attached hydrogens (tertiary/aromatic N) is 1. The SMILES string of the molecule is COc1cc(C(=O)NC[C@@H](c2cccs2)N2CCOCC2)cc(Cl)c1OC(C)C. The summed E-state index contributed by atoms with van der Waals surface area (Å²) >= 11 is 8.06. The molecule has 2 aromatic rings. The third-order valence-corrected chi connectivity index (χ3v) is 5.91. The van der Waals surface area contributed by atoms with Crippen molar-refractivity contribution in [2.45, 2.75) is 26.0 Å². The lowest BCUT2D eigenvalue weighted by Gasteiger charge is -2.34. The molecule has 0 radical (unpaired) electrons. The van der Waals surface area contributed by atoms with Gasteiger partial charge in [0.2, 0.25) is 0 Å². The van der Waals surface area contributed by atoms with Crippen molar-refractivity contribution in [3.05, 3.63) is 45.1 Å². The highest BCUT2D eigenvalue weighted by molar-refractivity contribution is 7.10. The Bertz CT molecular complexity index is 807. The Kier molecular flexibility index (Phi) is 7.77. The average molecular weight is 439 g/mol. The maximum Gasteiger partial charge on any atom is 0.251 e. The number of hydrogen-bond donors (Lipinski definition) is 1. The van der Waals surface area contributed by atoms with Crippen molar-refractivity contribution in [1.82, 2.24) is 10.2 Å². The van der Waals surface area contributed by atoms with Crippen molar-refractivity contribution >= 4 is 28.8 Å². The molecule has 1 aliphatic heterocycles. The number of thiophene rings is 1. The highest BCUT2D eigenvalue weighted by Crippen LogP contribution is 2.37. The van der Waals surface area contributed by atoms with Gasteiger partial charge in [0.25, 0.3) is 5.91 Å². The fourth-order valence-corrected chi connectivity index (χ4v) is 4.39. The molecule has 1 aliphatic rings. The predicted octanol–water partition coefficient (Wildman–Crippen LogP) is 4.00. The van der Waals surface area contributed by atoms with E-state index in [1.165, 1.54) is 12.0 Å². The predicted molar refractivity (Wildman–Crippen MR) is 116 cm³/mol. The Hall–Kier alpha value is -1.80. The van der Waals surface area contributed by atoms with Gasteiger partial charge < -0.3 is 19.5 Å². The van der Waals surface area contributed by atoms with Crippen LogP contribution in [-0.2, 0) is 4.74 Å². The van der Waals surface area contributed by atoms with E-state index in [0.717, 1.165) is 13.1 Å². The summed E-state index contributed by atoms with van der Waals surface area (Å²) in [4.78, 5) is 16.4. The summed E-state index contributed by atoms with van der Waals surface area (Å²) in [6, 6.07) is 7.53. The number of amides is 1. The molecule has 1 atom stereocenters. The fourth-order valence-electron chi connectivity index (χ4n) is 3.27. The molecule has 29 heavy (non-hydrogen) atoms. The van der Waals surface area contributed by atoms with Gasteiger partial charge in [0.05, 0.1) is 37.5 Å². The number of benzene rings is 1. The minimum absolute atomic E-state index is 0.0545. The summed E-state index contributed by atoms with van der Waals surface area (Å²) in [5, 5.41) is 5.46. The monoisotopic (exact) mass is 438 g/mol. The molecule has 1 aromatic heterocycles. The molecule has 6 nitrogen and oxygen atoms in total. The van der Waals surface area contributed by atoms with Crippen LogP contribution in [0.5, 0.6) is 11.5 Å². The van der Waals surface area contributed by atoms with E-state index in [2.05, 4.69) is 21.7 Å². The minimum atomic E-state index is -0.198. The lowest BCUT2D eigenvalue weighted by molar-refractivity contribution is 0.0169. The third kappa shape index (κ3) is 5.63. The number of hydrogen-bond acceptors (Lipinski definition) is 6. The first-order valence-corrected chi connectivity index (χ1v) is 10.9. The van der Waals surface area contributed by atoms with Crippen LogP contribution in [0.15, 0.2) is 29.6 Å². The largest absolute Gasteiger partial charge is 0.493 e. The maximum absolute atomic E-state index is 12.8. The van der Waals surface area contributed by atoms with E-state index in [-0.39, 0.29) is 18.1 Å². The molecular weight excluding hydrogens is 412 g/mol. The van der Waals surface area contributed by atoms with Crippen molar-refractivity contribution in [2.75, 3.05) is 40.0 Å². The van der Waals surface area contributed by atoms with Gasteiger partial charge in [-0.25, -0.2) is 0 Å². The first kappa shape index (κ1) is 21.9. The molecule has 1 aromatic carbocycles. The van der Waals surface area contributed by atoms with Gasteiger partial charge >= 0.3 is 0 Å². The molecule has 1 fully saturated rings. The van der Waals surface area contributed by atoms with Crippen LogP contribution >= 0.6 is 22.9 Å². The van der Waals surface area contributed by atoms with E-state index < -0.39 is 0 Å². The molecular formula is C21H27ClN2O4S. The molecule has 1 N–H and O–H groups in total. The zero-order valence-electron chi connectivity index (χ0n) is 16.9. The van der Waals surface area contributed by atoms with Crippen LogP contribution in [0.4, 0.5) is 0 Å². The first-order chi connectivity index (χ1) is 14.0. The summed E-state index contributed by atoms with van der Waals surface area (Å²) < 4.78 is 16.6. The highest BCUT2D eigenvalue weighted by atomic mass is 35.5. The lowest BCUT2D eigenvalue weighted by Crippen LogP contribution is -2.43. The molecule has 1 saturated heterocycles. The lowest BCUT2D eigenvalue weighted by atomic mass is 10.1. The van der Waals surface area contributed by atoms with Gasteiger partial charge in [-0.05, 0) is 37.4 Å². The van der Waals surface area contributed by atoms with E-state index in [1.54, 1.807) is 23.5 Å². The smallest absolute Gasteiger partial charge is 0.251 e. The van der Waals surface area contributed by atoms with Gasteiger partial charge in [-0.15, -0.1) is 11.3 Å². The van der Waals surface area contributed by atoms with Crippen molar-refractivity contribution in [3.63, 3.8) is 0 Å². The van der Waals surface area contributed by atoms with Crippen LogP contribution in [-0.4, -0.2) is 56.9 Å². The van der Waals surface area contributed by atoms with Crippen molar-refractivity contribution in [1.29, 1.82) is 0 Å². The molecule has 8 heteroatoms. The third-order valence-electron chi connectivity index (χ3n) is 4.66. The Morgan fingerprint density at radius 3 is 2.72 bits per heavy atom. The zero-order valence-corrected chi connectivity index (χ0v) is 18.5. The van der Waals surface area contributed by atoms with E-state index in [4.69, 9.17) is 25.8 Å². The second kappa shape index (κ2) is 10.3. The maximum atomic E-state index is 12.8. The number of carbonyl (C=O) groups excluding carboxylic acids is 1. The molecule has 2 heterocycles. The summed E-state index contributed by atoms with van der Waals surface area (Å²) in [5.41, 5.74) is 0.440. The number of ether oxygens (including phenoxy) is 3. The molecule has 0 bridgehead atoms. The second-order valence-electron chi connectivity index (χ2n) is 7.05. The fraction of sp³-hybridized carbons (Fsp3) is 0.476. The van der Waals surface area contributed by atoms with E-state index >= 15 is 0 Å². The minimum Gasteiger partial charge on any atom is -0.493 e. The van der Waals surface area contributed by atoms with Crippen LogP contribution < -0.4 is 14.8 Å². The number of methoxy groups -OCH3 is 1. The Balaban J connectivity index is 1.73. The second-order valence-corrected chi connectivity index (χ2v) is 8.43. The van der Waals surface area contributed by atoms with Gasteiger partial charge in [0.1, 0.15) is 0 Å².